The van der Waals surface area contributed by atoms with Crippen molar-refractivity contribution in [2.75, 3.05) is 17.6 Å². The molecule has 7 heteroatoms. The van der Waals surface area contributed by atoms with Gasteiger partial charge in [0.2, 0.25) is 0 Å². The molecule has 1 saturated carbocycles. The number of rotatable bonds is 6. The summed E-state index contributed by atoms with van der Waals surface area (Å²) >= 11 is 0. The molecule has 19 heavy (non-hydrogen) atoms. The van der Waals surface area contributed by atoms with E-state index in [9.17, 15) is 13.2 Å². The van der Waals surface area contributed by atoms with E-state index < -0.39 is 12.6 Å². The van der Waals surface area contributed by atoms with Crippen molar-refractivity contribution in [2.24, 2.45) is 0 Å². The molecule has 0 unspecified atom stereocenters. The van der Waals surface area contributed by atoms with Gasteiger partial charge in [-0.25, -0.2) is 9.97 Å². The molecule has 1 aliphatic rings. The predicted octanol–water partition coefficient (Wildman–Crippen LogP) is 3.08. The van der Waals surface area contributed by atoms with Crippen LogP contribution in [0, 0.1) is 0 Å². The molecular weight excluding hydrogens is 257 g/mol. The van der Waals surface area contributed by atoms with Crippen LogP contribution in [-0.4, -0.2) is 22.7 Å². The molecule has 1 fully saturated rings. The number of alkyl halides is 3. The Labute approximate surface area is 109 Å². The normalized spacial score (nSPS) is 15.5. The number of anilines is 2. The molecule has 0 amide bonds. The topological polar surface area (TPSA) is 63.8 Å². The van der Waals surface area contributed by atoms with Gasteiger partial charge in [0.1, 0.15) is 17.5 Å². The van der Waals surface area contributed by atoms with Crippen molar-refractivity contribution in [1.82, 2.24) is 9.97 Å². The summed E-state index contributed by atoms with van der Waals surface area (Å²) in [6.45, 7) is 0.455. The molecule has 1 aliphatic carbocycles. The molecule has 0 bridgehead atoms. The summed E-state index contributed by atoms with van der Waals surface area (Å²) in [5, 5.41) is 3.00. The first kappa shape index (κ1) is 13.9. The molecular formula is C12H17F3N4. The summed E-state index contributed by atoms with van der Waals surface area (Å²) in [5.41, 5.74) is 5.67. The molecule has 3 N–H and O–H groups in total. The summed E-state index contributed by atoms with van der Waals surface area (Å²) < 4.78 is 35.8. The summed E-state index contributed by atoms with van der Waals surface area (Å²) in [7, 11) is 0. The van der Waals surface area contributed by atoms with Crippen molar-refractivity contribution < 1.29 is 13.2 Å². The summed E-state index contributed by atoms with van der Waals surface area (Å²) in [6, 6.07) is 1.61. The Hall–Kier alpha value is -1.53. The van der Waals surface area contributed by atoms with E-state index in [1.807, 2.05) is 0 Å². The van der Waals surface area contributed by atoms with Gasteiger partial charge in [-0.1, -0.05) is 0 Å². The van der Waals surface area contributed by atoms with Crippen LogP contribution in [0.1, 0.15) is 43.8 Å². The SMILES string of the molecule is Nc1cc(NCCCCC(F)(F)F)nc(C2CC2)n1. The third kappa shape index (κ3) is 4.92. The zero-order chi connectivity index (χ0) is 13.9. The number of nitrogens with one attached hydrogen (secondary N) is 1. The van der Waals surface area contributed by atoms with E-state index in [-0.39, 0.29) is 6.42 Å². The van der Waals surface area contributed by atoms with Crippen LogP contribution in [-0.2, 0) is 0 Å². The fraction of sp³-hybridized carbons (Fsp3) is 0.667. The molecule has 106 valence electrons. The summed E-state index contributed by atoms with van der Waals surface area (Å²) in [4.78, 5) is 8.47. The van der Waals surface area contributed by atoms with Gasteiger partial charge in [0.05, 0.1) is 0 Å². The molecule has 1 aromatic rings. The zero-order valence-electron chi connectivity index (χ0n) is 10.5. The van der Waals surface area contributed by atoms with Crippen molar-refractivity contribution in [1.29, 1.82) is 0 Å². The van der Waals surface area contributed by atoms with Crippen molar-refractivity contribution in [3.05, 3.63) is 11.9 Å². The second-order valence-electron chi connectivity index (χ2n) is 4.81. The third-order valence-corrected chi connectivity index (χ3v) is 2.90. The largest absolute Gasteiger partial charge is 0.389 e. The van der Waals surface area contributed by atoms with Gasteiger partial charge in [-0.2, -0.15) is 13.2 Å². The highest BCUT2D eigenvalue weighted by Gasteiger charge is 2.27. The van der Waals surface area contributed by atoms with Crippen LogP contribution in [0.5, 0.6) is 0 Å². The van der Waals surface area contributed by atoms with E-state index in [0.29, 0.717) is 30.5 Å². The van der Waals surface area contributed by atoms with Crippen molar-refractivity contribution >= 4 is 11.6 Å². The van der Waals surface area contributed by atoms with Crippen LogP contribution >= 0.6 is 0 Å². The molecule has 1 heterocycles. The quantitative estimate of drug-likeness (QED) is 0.782. The molecule has 0 atom stereocenters. The molecule has 0 spiro atoms. The first-order valence-electron chi connectivity index (χ1n) is 6.39. The van der Waals surface area contributed by atoms with Crippen LogP contribution in [0.15, 0.2) is 6.07 Å². The second kappa shape index (κ2) is 5.63. The lowest BCUT2D eigenvalue weighted by Gasteiger charge is -2.09. The monoisotopic (exact) mass is 274 g/mol. The third-order valence-electron chi connectivity index (χ3n) is 2.90. The van der Waals surface area contributed by atoms with Gasteiger partial charge < -0.3 is 11.1 Å². The minimum absolute atomic E-state index is 0.118. The minimum atomic E-state index is -4.07. The van der Waals surface area contributed by atoms with Gasteiger partial charge >= 0.3 is 6.18 Å². The van der Waals surface area contributed by atoms with E-state index in [1.54, 1.807) is 6.07 Å². The fourth-order valence-electron chi connectivity index (χ4n) is 1.77. The Morgan fingerprint density at radius 2 is 2.00 bits per heavy atom. The molecule has 0 radical (unpaired) electrons. The van der Waals surface area contributed by atoms with E-state index in [0.717, 1.165) is 18.7 Å². The average molecular weight is 274 g/mol. The molecule has 0 aliphatic heterocycles. The van der Waals surface area contributed by atoms with Crippen LogP contribution in [0.4, 0.5) is 24.8 Å². The fourth-order valence-corrected chi connectivity index (χ4v) is 1.77. The average Bonchev–Trinajstić information content (AvgIpc) is 3.10. The molecule has 0 aromatic carbocycles. The molecule has 2 rings (SSSR count). The minimum Gasteiger partial charge on any atom is -0.384 e. The Morgan fingerprint density at radius 1 is 1.26 bits per heavy atom. The number of hydrogen-bond acceptors (Lipinski definition) is 4. The lowest BCUT2D eigenvalue weighted by Crippen LogP contribution is -2.10. The molecule has 4 nitrogen and oxygen atoms in total. The lowest BCUT2D eigenvalue weighted by molar-refractivity contribution is -0.135. The number of aromatic nitrogens is 2. The van der Waals surface area contributed by atoms with Crippen molar-refractivity contribution in [3.63, 3.8) is 0 Å². The Morgan fingerprint density at radius 3 is 2.63 bits per heavy atom. The summed E-state index contributed by atoms with van der Waals surface area (Å²) in [5.74, 6) is 2.13. The number of nitrogens with zero attached hydrogens (tertiary/aromatic N) is 2. The predicted molar refractivity (Wildman–Crippen MR) is 66.8 cm³/mol. The highest BCUT2D eigenvalue weighted by atomic mass is 19.4. The standard InChI is InChI=1S/C12H17F3N4/c13-12(14,15)5-1-2-6-17-10-7-9(16)18-11(19-10)8-3-4-8/h7-8H,1-6H2,(H3,16,17,18,19). The van der Waals surface area contributed by atoms with Gasteiger partial charge in [0, 0.05) is 24.9 Å². The zero-order valence-corrected chi connectivity index (χ0v) is 10.5. The van der Waals surface area contributed by atoms with Crippen LogP contribution in [0.3, 0.4) is 0 Å². The molecule has 1 aromatic heterocycles. The highest BCUT2D eigenvalue weighted by Crippen LogP contribution is 2.38. The van der Waals surface area contributed by atoms with Gasteiger partial charge in [-0.15, -0.1) is 0 Å². The number of nitrogens with two attached hydrogens (primary N) is 1. The first-order valence-corrected chi connectivity index (χ1v) is 6.39. The Kier molecular flexibility index (Phi) is 4.11. The molecule has 0 saturated heterocycles. The number of unbranched alkanes of at least 4 members (excludes halogenated alkanes) is 1. The summed E-state index contributed by atoms with van der Waals surface area (Å²) in [6.07, 6.45) is -2.09. The maximum atomic E-state index is 11.9. The number of nitrogen functional groups attached to an aromatic ring is 1. The van der Waals surface area contributed by atoms with Crippen LogP contribution in [0.2, 0.25) is 0 Å². The smallest absolute Gasteiger partial charge is 0.384 e. The Bertz CT molecular complexity index is 429. The van der Waals surface area contributed by atoms with Gasteiger partial charge in [0.15, 0.2) is 0 Å². The van der Waals surface area contributed by atoms with Crippen molar-refractivity contribution in [2.45, 2.75) is 44.2 Å². The van der Waals surface area contributed by atoms with Gasteiger partial charge in [-0.3, -0.25) is 0 Å². The van der Waals surface area contributed by atoms with Gasteiger partial charge in [0.25, 0.3) is 0 Å². The second-order valence-corrected chi connectivity index (χ2v) is 4.81. The van der Waals surface area contributed by atoms with E-state index >= 15 is 0 Å². The maximum absolute atomic E-state index is 11.9. The lowest BCUT2D eigenvalue weighted by atomic mass is 10.2. The van der Waals surface area contributed by atoms with Crippen LogP contribution < -0.4 is 11.1 Å². The van der Waals surface area contributed by atoms with E-state index in [4.69, 9.17) is 5.73 Å². The highest BCUT2D eigenvalue weighted by molar-refractivity contribution is 5.45. The maximum Gasteiger partial charge on any atom is 0.389 e. The number of hydrogen-bond donors (Lipinski definition) is 2. The first-order chi connectivity index (χ1) is 8.94. The Balaban J connectivity index is 1.76. The van der Waals surface area contributed by atoms with E-state index in [1.165, 1.54) is 0 Å². The van der Waals surface area contributed by atoms with Gasteiger partial charge in [-0.05, 0) is 25.7 Å². The van der Waals surface area contributed by atoms with Crippen LogP contribution in [0.25, 0.3) is 0 Å². The number of halogens is 3. The van der Waals surface area contributed by atoms with Crippen molar-refractivity contribution in [3.8, 4) is 0 Å². The van der Waals surface area contributed by atoms with E-state index in [2.05, 4.69) is 15.3 Å².